The van der Waals surface area contributed by atoms with Crippen molar-refractivity contribution < 1.29 is 13.2 Å². The van der Waals surface area contributed by atoms with Crippen LogP contribution >= 0.6 is 11.3 Å². The van der Waals surface area contributed by atoms with Crippen LogP contribution in [0.15, 0.2) is 16.8 Å². The van der Waals surface area contributed by atoms with Gasteiger partial charge in [-0.15, -0.1) is 0 Å². The molecule has 0 spiro atoms. The van der Waals surface area contributed by atoms with Gasteiger partial charge in [0.15, 0.2) is 0 Å². The molecule has 7 heteroatoms. The Morgan fingerprint density at radius 2 is 2.10 bits per heavy atom. The molecule has 1 rings (SSSR count). The van der Waals surface area contributed by atoms with E-state index in [4.69, 9.17) is 0 Å². The van der Waals surface area contributed by atoms with Gasteiger partial charge in [-0.1, -0.05) is 6.92 Å². The van der Waals surface area contributed by atoms with Crippen molar-refractivity contribution in [2.75, 3.05) is 18.6 Å². The van der Waals surface area contributed by atoms with Gasteiger partial charge < -0.3 is 10.6 Å². The third-order valence-electron chi connectivity index (χ3n) is 2.98. The van der Waals surface area contributed by atoms with Crippen LogP contribution in [-0.4, -0.2) is 39.0 Å². The van der Waals surface area contributed by atoms with Gasteiger partial charge in [-0.25, -0.2) is 13.2 Å². The minimum Gasteiger partial charge on any atom is -0.338 e. The zero-order valence-corrected chi connectivity index (χ0v) is 13.7. The van der Waals surface area contributed by atoms with Crippen LogP contribution in [0.2, 0.25) is 0 Å². The molecule has 0 aliphatic carbocycles. The first-order valence-corrected chi connectivity index (χ1v) is 9.52. The van der Waals surface area contributed by atoms with Gasteiger partial charge in [0.05, 0.1) is 5.75 Å². The fourth-order valence-corrected chi connectivity index (χ4v) is 3.22. The molecule has 0 aliphatic rings. The van der Waals surface area contributed by atoms with Gasteiger partial charge in [-0.3, -0.25) is 0 Å². The molecule has 0 saturated heterocycles. The molecule has 0 aliphatic heterocycles. The number of thiophene rings is 1. The zero-order chi connectivity index (χ0) is 15.2. The number of carbonyl (C=O) groups is 1. The summed E-state index contributed by atoms with van der Waals surface area (Å²) in [4.78, 5) is 11.7. The second kappa shape index (κ2) is 7.64. The standard InChI is InChI=1S/C13H22N2O3S2/c1-10(12-4-6-19-9-12)8-14-13(16)15-11(2)5-7-20(3,17)18/h4,6,9-11H,5,7-8H2,1-3H3,(H2,14,15,16). The summed E-state index contributed by atoms with van der Waals surface area (Å²) >= 11 is 1.64. The predicted molar refractivity (Wildman–Crippen MR) is 83.1 cm³/mol. The fraction of sp³-hybridized carbons (Fsp3) is 0.615. The van der Waals surface area contributed by atoms with Gasteiger partial charge in [0.1, 0.15) is 9.84 Å². The van der Waals surface area contributed by atoms with Gasteiger partial charge in [-0.2, -0.15) is 11.3 Å². The van der Waals surface area contributed by atoms with E-state index in [1.807, 2.05) is 11.4 Å². The first-order chi connectivity index (χ1) is 9.28. The summed E-state index contributed by atoms with van der Waals surface area (Å²) in [6, 6.07) is 1.62. The first-order valence-electron chi connectivity index (χ1n) is 6.52. The lowest BCUT2D eigenvalue weighted by atomic mass is 10.1. The maximum Gasteiger partial charge on any atom is 0.315 e. The van der Waals surface area contributed by atoms with Crippen molar-refractivity contribution in [2.24, 2.45) is 0 Å². The molecule has 0 bridgehead atoms. The molecule has 1 aromatic rings. The summed E-state index contributed by atoms with van der Waals surface area (Å²) in [7, 11) is -2.98. The van der Waals surface area contributed by atoms with Gasteiger partial charge in [0, 0.05) is 18.8 Å². The number of hydrogen-bond acceptors (Lipinski definition) is 4. The quantitative estimate of drug-likeness (QED) is 0.807. The lowest BCUT2D eigenvalue weighted by Crippen LogP contribution is -2.42. The maximum atomic E-state index is 11.7. The van der Waals surface area contributed by atoms with Gasteiger partial charge in [0.25, 0.3) is 0 Å². The average Bonchev–Trinajstić information content (AvgIpc) is 2.86. The van der Waals surface area contributed by atoms with Crippen LogP contribution in [0.4, 0.5) is 4.79 Å². The molecular formula is C13H22N2O3S2. The van der Waals surface area contributed by atoms with E-state index in [-0.39, 0.29) is 23.7 Å². The summed E-state index contributed by atoms with van der Waals surface area (Å²) in [5, 5.41) is 9.63. The Labute approximate surface area is 124 Å². The van der Waals surface area contributed by atoms with Crippen LogP contribution in [-0.2, 0) is 9.84 Å². The van der Waals surface area contributed by atoms with Crippen molar-refractivity contribution in [1.29, 1.82) is 0 Å². The molecule has 0 radical (unpaired) electrons. The number of nitrogens with one attached hydrogen (secondary N) is 2. The molecule has 1 heterocycles. The van der Waals surface area contributed by atoms with Crippen molar-refractivity contribution in [1.82, 2.24) is 10.6 Å². The zero-order valence-electron chi connectivity index (χ0n) is 12.0. The van der Waals surface area contributed by atoms with Crippen LogP contribution in [0.5, 0.6) is 0 Å². The van der Waals surface area contributed by atoms with Crippen molar-refractivity contribution >= 4 is 27.2 Å². The summed E-state index contributed by atoms with van der Waals surface area (Å²) in [5.74, 6) is 0.345. The Bertz CT molecular complexity index is 512. The Morgan fingerprint density at radius 3 is 2.65 bits per heavy atom. The van der Waals surface area contributed by atoms with E-state index < -0.39 is 9.84 Å². The smallest absolute Gasteiger partial charge is 0.315 e. The predicted octanol–water partition coefficient (Wildman–Crippen LogP) is 1.97. The minimum absolute atomic E-state index is 0.0831. The van der Waals surface area contributed by atoms with Crippen LogP contribution in [0, 0.1) is 0 Å². The number of amides is 2. The van der Waals surface area contributed by atoms with E-state index in [2.05, 4.69) is 22.9 Å². The first kappa shape index (κ1) is 17.0. The molecular weight excluding hydrogens is 296 g/mol. The highest BCUT2D eigenvalue weighted by atomic mass is 32.2. The van der Waals surface area contributed by atoms with E-state index in [1.54, 1.807) is 18.3 Å². The molecule has 0 fully saturated rings. The highest BCUT2D eigenvalue weighted by Gasteiger charge is 2.12. The molecule has 20 heavy (non-hydrogen) atoms. The molecule has 0 saturated carbocycles. The molecule has 2 N–H and O–H groups in total. The molecule has 5 nitrogen and oxygen atoms in total. The number of urea groups is 1. The van der Waals surface area contributed by atoms with Gasteiger partial charge in [0.2, 0.25) is 0 Å². The number of sulfone groups is 1. The van der Waals surface area contributed by atoms with E-state index in [0.717, 1.165) is 0 Å². The summed E-state index contributed by atoms with van der Waals surface area (Å²) in [5.41, 5.74) is 1.21. The summed E-state index contributed by atoms with van der Waals surface area (Å²) < 4.78 is 22.1. The van der Waals surface area contributed by atoms with Crippen LogP contribution in [0.25, 0.3) is 0 Å². The van der Waals surface area contributed by atoms with Gasteiger partial charge in [-0.05, 0) is 41.7 Å². The Morgan fingerprint density at radius 1 is 1.40 bits per heavy atom. The maximum absolute atomic E-state index is 11.7. The second-order valence-electron chi connectivity index (χ2n) is 5.13. The normalized spacial score (nSPS) is 14.6. The van der Waals surface area contributed by atoms with Crippen molar-refractivity contribution in [3.63, 3.8) is 0 Å². The van der Waals surface area contributed by atoms with Crippen LogP contribution < -0.4 is 10.6 Å². The van der Waals surface area contributed by atoms with Crippen molar-refractivity contribution in [3.8, 4) is 0 Å². The highest BCUT2D eigenvalue weighted by molar-refractivity contribution is 7.90. The molecule has 1 aromatic heterocycles. The molecule has 2 unspecified atom stereocenters. The highest BCUT2D eigenvalue weighted by Crippen LogP contribution is 2.16. The Balaban J connectivity index is 2.26. The average molecular weight is 318 g/mol. The minimum atomic E-state index is -2.98. The Hall–Kier alpha value is -1.08. The monoisotopic (exact) mass is 318 g/mol. The second-order valence-corrected chi connectivity index (χ2v) is 8.17. The van der Waals surface area contributed by atoms with Crippen molar-refractivity contribution in [3.05, 3.63) is 22.4 Å². The van der Waals surface area contributed by atoms with E-state index in [0.29, 0.717) is 13.0 Å². The van der Waals surface area contributed by atoms with Crippen LogP contribution in [0.1, 0.15) is 31.7 Å². The topological polar surface area (TPSA) is 75.3 Å². The van der Waals surface area contributed by atoms with Crippen LogP contribution in [0.3, 0.4) is 0 Å². The van der Waals surface area contributed by atoms with E-state index >= 15 is 0 Å². The Kier molecular flexibility index (Phi) is 6.48. The third kappa shape index (κ3) is 6.91. The molecule has 0 aromatic carbocycles. The number of hydrogen-bond donors (Lipinski definition) is 2. The third-order valence-corrected chi connectivity index (χ3v) is 4.66. The lowest BCUT2D eigenvalue weighted by molar-refractivity contribution is 0.237. The molecule has 2 atom stereocenters. The number of carbonyl (C=O) groups excluding carboxylic acids is 1. The SMILES string of the molecule is CC(CCS(C)(=O)=O)NC(=O)NCC(C)c1ccsc1. The molecule has 2 amide bonds. The number of rotatable bonds is 7. The van der Waals surface area contributed by atoms with Gasteiger partial charge >= 0.3 is 6.03 Å². The molecule has 114 valence electrons. The van der Waals surface area contributed by atoms with E-state index in [1.165, 1.54) is 11.8 Å². The largest absolute Gasteiger partial charge is 0.338 e. The van der Waals surface area contributed by atoms with Crippen molar-refractivity contribution in [2.45, 2.75) is 32.2 Å². The lowest BCUT2D eigenvalue weighted by Gasteiger charge is -2.16. The summed E-state index contributed by atoms with van der Waals surface area (Å²) in [6.07, 6.45) is 1.62. The fourth-order valence-electron chi connectivity index (χ4n) is 1.66. The van der Waals surface area contributed by atoms with E-state index in [9.17, 15) is 13.2 Å². The summed E-state index contributed by atoms with van der Waals surface area (Å²) in [6.45, 7) is 4.41.